The molecule has 0 unspecified atom stereocenters. The number of hydrogen-bond acceptors (Lipinski definition) is 9. The van der Waals surface area contributed by atoms with Crippen LogP contribution in [0.25, 0.3) is 0 Å². The van der Waals surface area contributed by atoms with Crippen molar-refractivity contribution >= 4 is 24.1 Å². The molecular weight excluding hydrogens is 1500 g/mol. The van der Waals surface area contributed by atoms with E-state index in [2.05, 4.69) is 27.1 Å². The maximum atomic E-state index is 15.1. The molecular formula is C30H21F48N3O6P3+3. The van der Waals surface area contributed by atoms with Gasteiger partial charge >= 0.3 is 169 Å². The van der Waals surface area contributed by atoms with Crippen LogP contribution >= 0.6 is 24.1 Å². The standard InChI is InChI=1S/C30H21F48N3O6P3/c31-7(32)19(55,56)25(67,68)13(43,44)1-82-88(83-2-14(45,46)26(69,70)20(57,58)8(33)34)79-89(84-3-15(47,48)27(71,72)21(59,60)9(35)36,85-4-16(49,50)28(73,74)22(61,62)10(37)38)81-90(80-88,86-5-17(51,52)29(75,76)23(63,64)11(39)40)87-6-18(53,54)30(77,78)24(65,66)12(41)42/h7-12,79-81H,1-6H2/q+3. The molecule has 1 rings (SSSR count). The summed E-state index contributed by atoms with van der Waals surface area (Å²) >= 11 is 0. The molecule has 0 amide bonds. The molecule has 0 aliphatic carbocycles. The van der Waals surface area contributed by atoms with Crippen molar-refractivity contribution in [3.8, 4) is 0 Å². The van der Waals surface area contributed by atoms with Crippen LogP contribution in [-0.2, 0) is 27.1 Å². The predicted molar refractivity (Wildman–Crippen MR) is 191 cm³/mol. The lowest BCUT2D eigenvalue weighted by Gasteiger charge is -2.39. The second-order valence-corrected chi connectivity index (χ2v) is 24.1. The number of nitrogens with one attached hydrogen (secondary N) is 3. The molecule has 0 aromatic carbocycles. The molecule has 3 N–H and O–H groups in total. The van der Waals surface area contributed by atoms with Gasteiger partial charge in [-0.05, 0) is 0 Å². The number of halogens is 48. The normalized spacial score (nSPS) is 18.6. The van der Waals surface area contributed by atoms with Gasteiger partial charge in [-0.3, -0.25) is 0 Å². The van der Waals surface area contributed by atoms with Crippen molar-refractivity contribution in [2.45, 2.75) is 145 Å². The monoisotopic (exact) mass is 1520 g/mol. The lowest BCUT2D eigenvalue weighted by Crippen LogP contribution is -2.62. The first-order valence-electron chi connectivity index (χ1n) is 20.4. The topological polar surface area (TPSA) is 91.5 Å². The highest BCUT2D eigenvalue weighted by molar-refractivity contribution is 7.92. The van der Waals surface area contributed by atoms with E-state index in [1.54, 1.807) is 0 Å². The minimum Gasteiger partial charge on any atom is -0.203 e. The number of rotatable bonds is 36. The molecule has 0 bridgehead atoms. The number of alkyl halides is 48. The predicted octanol–water partition coefficient (Wildman–Crippen LogP) is 16.9. The molecule has 540 valence electrons. The summed E-state index contributed by atoms with van der Waals surface area (Å²) in [5.41, 5.74) is 0. The first kappa shape index (κ1) is 85.6. The highest BCUT2D eigenvalue weighted by atomic mass is 31.3. The van der Waals surface area contributed by atoms with Gasteiger partial charge in [0.15, 0.2) is 39.6 Å². The lowest BCUT2D eigenvalue weighted by atomic mass is 10.1. The summed E-state index contributed by atoms with van der Waals surface area (Å²) < 4.78 is 697. The van der Waals surface area contributed by atoms with Gasteiger partial charge in [0.2, 0.25) is 0 Å². The van der Waals surface area contributed by atoms with Gasteiger partial charge in [-0.2, -0.15) is 185 Å². The van der Waals surface area contributed by atoms with Crippen molar-refractivity contribution < 1.29 is 238 Å². The van der Waals surface area contributed by atoms with E-state index in [4.69, 9.17) is 0 Å². The van der Waals surface area contributed by atoms with Gasteiger partial charge in [0.05, 0.1) is 14.6 Å². The first-order valence-corrected chi connectivity index (χ1v) is 25.3. The highest BCUT2D eigenvalue weighted by Crippen LogP contribution is 2.83. The quantitative estimate of drug-likeness (QED) is 0.0419. The van der Waals surface area contributed by atoms with E-state index < -0.39 is 223 Å². The Morgan fingerprint density at radius 2 is 0.278 bits per heavy atom. The summed E-state index contributed by atoms with van der Waals surface area (Å²) in [7, 11) is -27.2. The molecule has 0 atom stereocenters. The lowest BCUT2D eigenvalue weighted by molar-refractivity contribution is -0.345. The first-order chi connectivity index (χ1) is 39.0. The zero-order valence-corrected chi connectivity index (χ0v) is 42.8. The van der Waals surface area contributed by atoms with Crippen LogP contribution in [0.15, 0.2) is 0 Å². The Morgan fingerprint density at radius 3 is 0.356 bits per heavy atom. The van der Waals surface area contributed by atoms with Gasteiger partial charge in [-0.15, -0.1) is 0 Å². The van der Waals surface area contributed by atoms with Crippen LogP contribution in [0.4, 0.5) is 211 Å². The Balaban J connectivity index is 5.40. The van der Waals surface area contributed by atoms with Crippen molar-refractivity contribution in [2.75, 3.05) is 39.6 Å². The summed E-state index contributed by atoms with van der Waals surface area (Å²) in [6.45, 7) is -30.3. The molecule has 90 heavy (non-hydrogen) atoms. The molecule has 1 heterocycles. The van der Waals surface area contributed by atoms with Gasteiger partial charge in [0, 0.05) is 0 Å². The largest absolute Gasteiger partial charge is 0.510 e. The maximum absolute atomic E-state index is 15.1. The van der Waals surface area contributed by atoms with Crippen LogP contribution in [-0.4, -0.2) is 185 Å². The van der Waals surface area contributed by atoms with E-state index in [0.717, 1.165) is 0 Å². The van der Waals surface area contributed by atoms with E-state index in [0.29, 0.717) is 0 Å². The van der Waals surface area contributed by atoms with Crippen LogP contribution < -0.4 is 14.6 Å². The molecule has 0 radical (unpaired) electrons. The van der Waals surface area contributed by atoms with E-state index in [-0.39, 0.29) is 0 Å². The second-order valence-electron chi connectivity index (χ2n) is 16.8. The molecule has 0 saturated carbocycles. The average Bonchev–Trinajstić information content (AvgIpc) is 0.774. The zero-order valence-electron chi connectivity index (χ0n) is 40.1. The van der Waals surface area contributed by atoms with Crippen molar-refractivity contribution in [3.05, 3.63) is 0 Å². The molecule has 1 aliphatic heterocycles. The Morgan fingerprint density at radius 1 is 0.189 bits per heavy atom. The summed E-state index contributed by atoms with van der Waals surface area (Å²) in [5, 5.41) is 0. The Labute approximate surface area is 462 Å². The van der Waals surface area contributed by atoms with E-state index in [1.165, 1.54) is 0 Å². The SMILES string of the molecule is FC(F)C(F)(F)C(F)(F)C(F)(F)CO[P+]1(OCC(F)(F)C(F)(F)C(F)(F)C(F)F)N[P+](OCC(F)(F)C(F)(F)C(F)(F)C(F)F)(OCC(F)(F)C(F)(F)C(F)(F)C(F)F)N[P+](OCC(F)(F)C(F)(F)C(F)(F)C(F)F)(OCC(F)(F)C(F)(F)C(F)(F)C(F)F)N1. The van der Waals surface area contributed by atoms with E-state index in [9.17, 15) is 158 Å². The van der Waals surface area contributed by atoms with Crippen LogP contribution in [0, 0.1) is 0 Å². The maximum Gasteiger partial charge on any atom is 0.510 e. The van der Waals surface area contributed by atoms with Crippen LogP contribution in [0.2, 0.25) is 0 Å². The fraction of sp³-hybridized carbons (Fsp3) is 1.00. The zero-order chi connectivity index (χ0) is 72.6. The Hall–Kier alpha value is -2.43. The van der Waals surface area contributed by atoms with Crippen molar-refractivity contribution in [3.63, 3.8) is 0 Å². The number of hydrogen-bond donors (Lipinski definition) is 3. The van der Waals surface area contributed by atoms with Gasteiger partial charge in [-0.25, -0.2) is 52.7 Å². The third-order valence-electron chi connectivity index (χ3n) is 10.3. The molecule has 0 spiro atoms. The molecule has 9 nitrogen and oxygen atoms in total. The third kappa shape index (κ3) is 15.1. The summed E-state index contributed by atoms with van der Waals surface area (Å²) in [6.07, 6.45) is -38.4. The average molecular weight is 1520 g/mol. The Kier molecular flexibility index (Phi) is 24.6. The van der Waals surface area contributed by atoms with E-state index in [1.807, 2.05) is 0 Å². The fourth-order valence-corrected chi connectivity index (χ4v) is 15.9. The molecule has 0 aromatic rings. The smallest absolute Gasteiger partial charge is 0.203 e. The summed E-state index contributed by atoms with van der Waals surface area (Å²) in [4.78, 5) is -1.43. The summed E-state index contributed by atoms with van der Waals surface area (Å²) in [5.74, 6) is -146. The van der Waals surface area contributed by atoms with Crippen LogP contribution in [0.3, 0.4) is 0 Å². The minimum absolute atomic E-state index is 0.476. The van der Waals surface area contributed by atoms with Gasteiger partial charge in [-0.1, -0.05) is 0 Å². The molecule has 1 saturated heterocycles. The third-order valence-corrected chi connectivity index (χ3v) is 19.5. The summed E-state index contributed by atoms with van der Waals surface area (Å²) in [6, 6.07) is 0. The molecule has 0 aromatic heterocycles. The van der Waals surface area contributed by atoms with Crippen LogP contribution in [0.5, 0.6) is 0 Å². The van der Waals surface area contributed by atoms with Crippen molar-refractivity contribution in [1.29, 1.82) is 0 Å². The van der Waals surface area contributed by atoms with Crippen molar-refractivity contribution in [2.24, 2.45) is 0 Å². The van der Waals surface area contributed by atoms with Crippen LogP contribution in [0.1, 0.15) is 0 Å². The van der Waals surface area contributed by atoms with Crippen molar-refractivity contribution in [1.82, 2.24) is 14.6 Å². The minimum atomic E-state index is -9.06. The molecule has 1 fully saturated rings. The van der Waals surface area contributed by atoms with E-state index >= 15 is 52.7 Å². The van der Waals surface area contributed by atoms with Gasteiger partial charge in [0.1, 0.15) is 0 Å². The second kappa shape index (κ2) is 25.9. The van der Waals surface area contributed by atoms with Gasteiger partial charge in [0.25, 0.3) is 0 Å². The Bertz CT molecular complexity index is 1970. The molecule has 60 heteroatoms. The molecule has 1 aliphatic rings. The highest BCUT2D eigenvalue weighted by Gasteiger charge is 2.88. The van der Waals surface area contributed by atoms with Gasteiger partial charge < -0.3 is 0 Å². The fourth-order valence-electron chi connectivity index (χ4n) is 4.91.